The zero-order chi connectivity index (χ0) is 20.4. The molecule has 1 aromatic carbocycles. The monoisotopic (exact) mass is 395 g/mol. The highest BCUT2D eigenvalue weighted by molar-refractivity contribution is 6.08. The fourth-order valence-electron chi connectivity index (χ4n) is 3.28. The third kappa shape index (κ3) is 3.66. The lowest BCUT2D eigenvalue weighted by Crippen LogP contribution is -2.48. The molecule has 0 radical (unpaired) electrons. The first kappa shape index (κ1) is 18.6. The maximum absolute atomic E-state index is 13.4. The minimum absolute atomic E-state index is 0.0738. The van der Waals surface area contributed by atoms with Gasteiger partial charge in [0.15, 0.2) is 5.69 Å². The van der Waals surface area contributed by atoms with Gasteiger partial charge in [-0.2, -0.15) is 0 Å². The summed E-state index contributed by atoms with van der Waals surface area (Å²) in [7, 11) is 0. The average Bonchev–Trinajstić information content (AvgIpc) is 3.13. The van der Waals surface area contributed by atoms with Gasteiger partial charge < -0.3 is 15.1 Å². The number of halogens is 1. The number of anilines is 1. The molecule has 1 aliphatic rings. The number of hydrogen-bond donors (Lipinski definition) is 1. The first-order chi connectivity index (χ1) is 14.1. The molecule has 0 unspecified atom stereocenters. The molecule has 29 heavy (non-hydrogen) atoms. The van der Waals surface area contributed by atoms with Gasteiger partial charge in [-0.25, -0.2) is 9.37 Å². The molecule has 2 aromatic heterocycles. The van der Waals surface area contributed by atoms with Gasteiger partial charge in [-0.1, -0.05) is 12.1 Å². The third-order valence-corrected chi connectivity index (χ3v) is 4.79. The number of nitrogens with zero attached hydrogens (tertiary/aromatic N) is 4. The Morgan fingerprint density at radius 2 is 1.86 bits per heavy atom. The van der Waals surface area contributed by atoms with Crippen molar-refractivity contribution in [2.24, 2.45) is 0 Å². The minimum Gasteiger partial charge on any atom is -0.342 e. The Morgan fingerprint density at radius 1 is 1.07 bits per heavy atom. The molecule has 0 atom stereocenters. The lowest BCUT2D eigenvalue weighted by Gasteiger charge is -2.32. The summed E-state index contributed by atoms with van der Waals surface area (Å²) in [5.74, 6) is -1.21. The normalized spacial score (nSPS) is 14.1. The lowest BCUT2D eigenvalue weighted by molar-refractivity contribution is -0.119. The van der Waals surface area contributed by atoms with E-state index >= 15 is 0 Å². The molecule has 3 aromatic rings. The molecule has 0 spiro atoms. The van der Waals surface area contributed by atoms with Gasteiger partial charge in [-0.3, -0.25) is 18.8 Å². The zero-order valence-electron chi connectivity index (χ0n) is 15.4. The Balaban J connectivity index is 1.64. The smallest absolute Gasteiger partial charge is 0.290 e. The third-order valence-electron chi connectivity index (χ3n) is 4.79. The standard InChI is InChI=1S/C20H18FN5O3/c21-14-4-3-5-15(12-14)22-19(28)17-16-6-1-2-7-26(16)18(23-17)20(29)25-10-8-24(13-27)9-11-25/h1-7,12-13H,8-11H2,(H,22,28). The largest absolute Gasteiger partial charge is 0.342 e. The molecular weight excluding hydrogens is 377 g/mol. The molecule has 9 heteroatoms. The second-order valence-electron chi connectivity index (χ2n) is 6.64. The van der Waals surface area contributed by atoms with E-state index in [9.17, 15) is 18.8 Å². The van der Waals surface area contributed by atoms with Gasteiger partial charge >= 0.3 is 0 Å². The van der Waals surface area contributed by atoms with E-state index in [0.717, 1.165) is 6.41 Å². The summed E-state index contributed by atoms with van der Waals surface area (Å²) < 4.78 is 15.0. The molecule has 8 nitrogen and oxygen atoms in total. The van der Waals surface area contributed by atoms with Crippen LogP contribution >= 0.6 is 0 Å². The minimum atomic E-state index is -0.538. The number of piperazine rings is 1. The average molecular weight is 395 g/mol. The van der Waals surface area contributed by atoms with Gasteiger partial charge in [-0.15, -0.1) is 0 Å². The molecule has 1 saturated heterocycles. The second kappa shape index (κ2) is 7.70. The van der Waals surface area contributed by atoms with Crippen LogP contribution in [0.25, 0.3) is 5.52 Å². The quantitative estimate of drug-likeness (QED) is 0.681. The number of fused-ring (bicyclic) bond motifs is 1. The zero-order valence-corrected chi connectivity index (χ0v) is 15.4. The van der Waals surface area contributed by atoms with Gasteiger partial charge in [0.25, 0.3) is 11.8 Å². The number of aromatic nitrogens is 2. The number of nitrogens with one attached hydrogen (secondary N) is 1. The van der Waals surface area contributed by atoms with Crippen molar-refractivity contribution in [3.8, 4) is 0 Å². The highest BCUT2D eigenvalue weighted by atomic mass is 19.1. The van der Waals surface area contributed by atoms with Crippen molar-refractivity contribution in [2.75, 3.05) is 31.5 Å². The van der Waals surface area contributed by atoms with Crippen LogP contribution in [0, 0.1) is 5.82 Å². The second-order valence-corrected chi connectivity index (χ2v) is 6.64. The van der Waals surface area contributed by atoms with Gasteiger partial charge in [-0.05, 0) is 30.3 Å². The highest BCUT2D eigenvalue weighted by Crippen LogP contribution is 2.18. The fourth-order valence-corrected chi connectivity index (χ4v) is 3.28. The topological polar surface area (TPSA) is 87.0 Å². The summed E-state index contributed by atoms with van der Waals surface area (Å²) in [6, 6.07) is 10.7. The van der Waals surface area contributed by atoms with E-state index in [1.165, 1.54) is 18.2 Å². The Morgan fingerprint density at radius 3 is 2.59 bits per heavy atom. The van der Waals surface area contributed by atoms with Crippen molar-refractivity contribution in [1.29, 1.82) is 0 Å². The van der Waals surface area contributed by atoms with Gasteiger partial charge in [0, 0.05) is 38.1 Å². The Bertz CT molecular complexity index is 1090. The van der Waals surface area contributed by atoms with Crippen molar-refractivity contribution < 1.29 is 18.8 Å². The van der Waals surface area contributed by atoms with Gasteiger partial charge in [0.1, 0.15) is 5.82 Å². The number of pyridine rings is 1. The number of hydrogen-bond acceptors (Lipinski definition) is 4. The summed E-state index contributed by atoms with van der Waals surface area (Å²) >= 11 is 0. The number of amides is 3. The molecule has 3 heterocycles. The molecule has 1 aliphatic heterocycles. The van der Waals surface area contributed by atoms with E-state index in [1.54, 1.807) is 44.7 Å². The van der Waals surface area contributed by atoms with E-state index < -0.39 is 11.7 Å². The first-order valence-corrected chi connectivity index (χ1v) is 9.09. The van der Waals surface area contributed by atoms with Crippen molar-refractivity contribution in [2.45, 2.75) is 0 Å². The van der Waals surface area contributed by atoms with Crippen molar-refractivity contribution in [1.82, 2.24) is 19.2 Å². The number of rotatable bonds is 4. The number of benzene rings is 1. The van der Waals surface area contributed by atoms with E-state index in [0.29, 0.717) is 37.4 Å². The number of carbonyl (C=O) groups is 3. The molecule has 148 valence electrons. The molecule has 3 amide bonds. The van der Waals surface area contributed by atoms with Gasteiger partial charge in [0.2, 0.25) is 12.2 Å². The first-order valence-electron chi connectivity index (χ1n) is 9.09. The van der Waals surface area contributed by atoms with Crippen LogP contribution in [0.5, 0.6) is 0 Å². The van der Waals surface area contributed by atoms with Crippen LogP contribution in [0.3, 0.4) is 0 Å². The summed E-state index contributed by atoms with van der Waals surface area (Å²) in [5.41, 5.74) is 0.839. The maximum atomic E-state index is 13.4. The maximum Gasteiger partial charge on any atom is 0.290 e. The number of carbonyl (C=O) groups excluding carboxylic acids is 3. The predicted octanol–water partition coefficient (Wildman–Crippen LogP) is 1.64. The molecule has 0 aliphatic carbocycles. The Kier molecular flexibility index (Phi) is 4.94. The predicted molar refractivity (Wildman–Crippen MR) is 103 cm³/mol. The van der Waals surface area contributed by atoms with Crippen LogP contribution in [0.15, 0.2) is 48.7 Å². The molecule has 0 saturated carbocycles. The SMILES string of the molecule is O=CN1CCN(C(=O)c2nc(C(=O)Nc3cccc(F)c3)c3ccccn23)CC1. The summed E-state index contributed by atoms with van der Waals surface area (Å²) in [6.07, 6.45) is 2.43. The van der Waals surface area contributed by atoms with Gasteiger partial charge in [0.05, 0.1) is 5.52 Å². The van der Waals surface area contributed by atoms with Crippen molar-refractivity contribution >= 4 is 29.4 Å². The molecule has 1 N–H and O–H groups in total. The summed E-state index contributed by atoms with van der Waals surface area (Å²) in [4.78, 5) is 44.1. The van der Waals surface area contributed by atoms with E-state index in [4.69, 9.17) is 0 Å². The van der Waals surface area contributed by atoms with Crippen LogP contribution in [0.2, 0.25) is 0 Å². The fraction of sp³-hybridized carbons (Fsp3) is 0.200. The van der Waals surface area contributed by atoms with E-state index in [-0.39, 0.29) is 17.4 Å². The van der Waals surface area contributed by atoms with Crippen molar-refractivity contribution in [3.63, 3.8) is 0 Å². The Labute approximate surface area is 165 Å². The highest BCUT2D eigenvalue weighted by Gasteiger charge is 2.27. The molecule has 4 rings (SSSR count). The molecule has 0 bridgehead atoms. The van der Waals surface area contributed by atoms with Crippen molar-refractivity contribution in [3.05, 3.63) is 66.0 Å². The summed E-state index contributed by atoms with van der Waals surface area (Å²) in [6.45, 7) is 1.69. The Hall–Kier alpha value is -3.75. The molecular formula is C20H18FN5O3. The summed E-state index contributed by atoms with van der Waals surface area (Å²) in [5, 5.41) is 2.61. The van der Waals surface area contributed by atoms with Crippen LogP contribution < -0.4 is 5.32 Å². The van der Waals surface area contributed by atoms with Crippen LogP contribution in [0.4, 0.5) is 10.1 Å². The molecule has 1 fully saturated rings. The van der Waals surface area contributed by atoms with E-state index in [1.807, 2.05) is 0 Å². The lowest BCUT2D eigenvalue weighted by atomic mass is 10.2. The van der Waals surface area contributed by atoms with Crippen LogP contribution in [-0.4, -0.2) is 63.6 Å². The van der Waals surface area contributed by atoms with Crippen LogP contribution in [0.1, 0.15) is 21.1 Å². The van der Waals surface area contributed by atoms with E-state index in [2.05, 4.69) is 10.3 Å². The number of imidazole rings is 1. The van der Waals surface area contributed by atoms with Crippen LogP contribution in [-0.2, 0) is 4.79 Å².